The molecule has 2 nitrogen and oxygen atoms in total. The van der Waals surface area contributed by atoms with Crippen LogP contribution in [-0.4, -0.2) is 27.1 Å². The molecule has 18 heavy (non-hydrogen) atoms. The molecular formula is C15H30O2Si. The van der Waals surface area contributed by atoms with E-state index in [1.807, 2.05) is 6.08 Å². The molecule has 0 radical (unpaired) electrons. The van der Waals surface area contributed by atoms with Gasteiger partial charge in [0.1, 0.15) is 0 Å². The Bertz CT molecular complexity index is 281. The average Bonchev–Trinajstić information content (AvgIpc) is 2.26. The van der Waals surface area contributed by atoms with Gasteiger partial charge in [0.25, 0.3) is 0 Å². The van der Waals surface area contributed by atoms with Crippen molar-refractivity contribution in [3.05, 3.63) is 12.7 Å². The zero-order valence-electron chi connectivity index (χ0n) is 13.0. The smallest absolute Gasteiger partial charge is 0.192 e. The van der Waals surface area contributed by atoms with Gasteiger partial charge >= 0.3 is 0 Å². The minimum absolute atomic E-state index is 0.186. The second kappa shape index (κ2) is 5.89. The summed E-state index contributed by atoms with van der Waals surface area (Å²) in [5.74, 6) is 0.361. The number of hydrogen-bond acceptors (Lipinski definition) is 2. The fraction of sp³-hybridized carbons (Fsp3) is 0.867. The Morgan fingerprint density at radius 3 is 2.50 bits per heavy atom. The van der Waals surface area contributed by atoms with Crippen LogP contribution in [0.4, 0.5) is 0 Å². The zero-order chi connectivity index (χ0) is 14.0. The maximum atomic E-state index is 6.54. The molecule has 1 rings (SSSR count). The second-order valence-corrected chi connectivity index (χ2v) is 11.7. The molecule has 1 fully saturated rings. The quantitative estimate of drug-likeness (QED) is 0.557. The Balaban J connectivity index is 2.76. The normalized spacial score (nSPS) is 27.9. The van der Waals surface area contributed by atoms with E-state index in [2.05, 4.69) is 47.4 Å². The summed E-state index contributed by atoms with van der Waals surface area (Å²) in [7, 11) is -1.71. The van der Waals surface area contributed by atoms with Crippen molar-refractivity contribution in [2.45, 2.75) is 70.9 Å². The van der Waals surface area contributed by atoms with Gasteiger partial charge in [-0.25, -0.2) is 0 Å². The van der Waals surface area contributed by atoms with Crippen LogP contribution in [0.5, 0.6) is 0 Å². The Morgan fingerprint density at radius 2 is 2.00 bits per heavy atom. The molecule has 0 aromatic heterocycles. The molecule has 0 bridgehead atoms. The third-order valence-electron chi connectivity index (χ3n) is 4.45. The largest absolute Gasteiger partial charge is 0.411 e. The monoisotopic (exact) mass is 270 g/mol. The summed E-state index contributed by atoms with van der Waals surface area (Å²) >= 11 is 0. The molecular weight excluding hydrogens is 240 g/mol. The lowest BCUT2D eigenvalue weighted by Crippen LogP contribution is -2.50. The van der Waals surface area contributed by atoms with E-state index < -0.39 is 8.32 Å². The molecule has 1 heterocycles. The van der Waals surface area contributed by atoms with Crippen LogP contribution in [0.25, 0.3) is 0 Å². The Hall–Kier alpha value is -0.123. The van der Waals surface area contributed by atoms with E-state index in [0.717, 1.165) is 19.4 Å². The lowest BCUT2D eigenvalue weighted by atomic mass is 9.95. The predicted octanol–water partition coefficient (Wildman–Crippen LogP) is 4.38. The van der Waals surface area contributed by atoms with Crippen LogP contribution in [-0.2, 0) is 9.16 Å². The first-order valence-electron chi connectivity index (χ1n) is 7.11. The first kappa shape index (κ1) is 15.9. The highest BCUT2D eigenvalue weighted by Crippen LogP contribution is 2.39. The summed E-state index contributed by atoms with van der Waals surface area (Å²) in [4.78, 5) is 0. The standard InChI is InChI=1S/C15H30O2Si/c1-8-12(2)14-13(10-9-11-16-14)17-18(6,7)15(3,4)5/h8,12-14H,1,9-11H2,2-7H3/t12-,13+,14-/m1/s1. The maximum absolute atomic E-state index is 6.54. The molecule has 0 N–H and O–H groups in total. The average molecular weight is 270 g/mol. The van der Waals surface area contributed by atoms with Crippen LogP contribution >= 0.6 is 0 Å². The highest BCUT2D eigenvalue weighted by atomic mass is 28.4. The lowest BCUT2D eigenvalue weighted by molar-refractivity contribution is -0.0834. The van der Waals surface area contributed by atoms with Crippen molar-refractivity contribution in [2.24, 2.45) is 5.92 Å². The summed E-state index contributed by atoms with van der Waals surface area (Å²) in [5.41, 5.74) is 0. The molecule has 3 atom stereocenters. The van der Waals surface area contributed by atoms with E-state index in [0.29, 0.717) is 5.92 Å². The summed E-state index contributed by atoms with van der Waals surface area (Å²) in [6.07, 6.45) is 4.64. The van der Waals surface area contributed by atoms with Gasteiger partial charge < -0.3 is 9.16 Å². The van der Waals surface area contributed by atoms with Gasteiger partial charge in [0.15, 0.2) is 8.32 Å². The maximum Gasteiger partial charge on any atom is 0.192 e. The lowest BCUT2D eigenvalue weighted by Gasteiger charge is -2.43. The molecule has 0 aromatic rings. The van der Waals surface area contributed by atoms with Crippen LogP contribution < -0.4 is 0 Å². The molecule has 0 unspecified atom stereocenters. The van der Waals surface area contributed by atoms with Gasteiger partial charge in [0.05, 0.1) is 12.2 Å². The highest BCUT2D eigenvalue weighted by molar-refractivity contribution is 6.74. The molecule has 106 valence electrons. The van der Waals surface area contributed by atoms with Crippen molar-refractivity contribution in [2.75, 3.05) is 6.61 Å². The van der Waals surface area contributed by atoms with E-state index in [9.17, 15) is 0 Å². The third kappa shape index (κ3) is 3.69. The van der Waals surface area contributed by atoms with Crippen molar-refractivity contribution < 1.29 is 9.16 Å². The van der Waals surface area contributed by atoms with Gasteiger partial charge in [-0.2, -0.15) is 0 Å². The van der Waals surface area contributed by atoms with Gasteiger partial charge in [-0.05, 0) is 31.0 Å². The fourth-order valence-corrected chi connectivity index (χ4v) is 3.44. The summed E-state index contributed by atoms with van der Waals surface area (Å²) in [6.45, 7) is 18.4. The Morgan fingerprint density at radius 1 is 1.39 bits per heavy atom. The Kier molecular flexibility index (Phi) is 5.21. The minimum atomic E-state index is -1.71. The van der Waals surface area contributed by atoms with Crippen molar-refractivity contribution in [3.63, 3.8) is 0 Å². The van der Waals surface area contributed by atoms with Gasteiger partial charge in [0, 0.05) is 12.5 Å². The molecule has 1 aliphatic heterocycles. The van der Waals surface area contributed by atoms with Crippen LogP contribution in [0.15, 0.2) is 12.7 Å². The molecule has 0 aliphatic carbocycles. The van der Waals surface area contributed by atoms with Gasteiger partial charge in [-0.3, -0.25) is 0 Å². The van der Waals surface area contributed by atoms with E-state index in [4.69, 9.17) is 9.16 Å². The molecule has 1 saturated heterocycles. The highest BCUT2D eigenvalue weighted by Gasteiger charge is 2.42. The first-order chi connectivity index (χ1) is 8.19. The molecule has 3 heteroatoms. The van der Waals surface area contributed by atoms with Crippen LogP contribution in [0.1, 0.15) is 40.5 Å². The van der Waals surface area contributed by atoms with Crippen LogP contribution in [0.2, 0.25) is 18.1 Å². The molecule has 0 spiro atoms. The van der Waals surface area contributed by atoms with E-state index in [1.165, 1.54) is 0 Å². The Labute approximate surface area is 114 Å². The third-order valence-corrected chi connectivity index (χ3v) is 8.96. The zero-order valence-corrected chi connectivity index (χ0v) is 14.0. The summed E-state index contributed by atoms with van der Waals surface area (Å²) in [6, 6.07) is 0. The molecule has 1 aliphatic rings. The molecule has 0 saturated carbocycles. The van der Waals surface area contributed by atoms with E-state index in [1.54, 1.807) is 0 Å². The van der Waals surface area contributed by atoms with Gasteiger partial charge in [-0.1, -0.05) is 33.8 Å². The van der Waals surface area contributed by atoms with Gasteiger partial charge in [-0.15, -0.1) is 6.58 Å². The SMILES string of the molecule is C=C[C@@H](C)[C@H]1OCCC[C@@H]1O[Si](C)(C)C(C)(C)C. The van der Waals surface area contributed by atoms with E-state index >= 15 is 0 Å². The number of ether oxygens (including phenoxy) is 1. The van der Waals surface area contributed by atoms with Crippen molar-refractivity contribution >= 4 is 8.32 Å². The topological polar surface area (TPSA) is 18.5 Å². The summed E-state index contributed by atoms with van der Waals surface area (Å²) in [5, 5.41) is 0.256. The fourth-order valence-electron chi connectivity index (χ4n) is 2.08. The van der Waals surface area contributed by atoms with Crippen molar-refractivity contribution in [1.82, 2.24) is 0 Å². The van der Waals surface area contributed by atoms with Crippen LogP contribution in [0.3, 0.4) is 0 Å². The predicted molar refractivity (Wildman–Crippen MR) is 80.4 cm³/mol. The van der Waals surface area contributed by atoms with Gasteiger partial charge in [0.2, 0.25) is 0 Å². The van der Waals surface area contributed by atoms with Crippen molar-refractivity contribution in [3.8, 4) is 0 Å². The summed E-state index contributed by atoms with van der Waals surface area (Å²) < 4.78 is 12.5. The number of rotatable bonds is 4. The first-order valence-corrected chi connectivity index (χ1v) is 10.0. The second-order valence-electron chi connectivity index (χ2n) is 6.99. The number of hydrogen-bond donors (Lipinski definition) is 0. The molecule has 0 aromatic carbocycles. The van der Waals surface area contributed by atoms with Crippen molar-refractivity contribution in [1.29, 1.82) is 0 Å². The van der Waals surface area contributed by atoms with Crippen LogP contribution in [0, 0.1) is 5.92 Å². The van der Waals surface area contributed by atoms with E-state index in [-0.39, 0.29) is 17.2 Å². The minimum Gasteiger partial charge on any atom is -0.411 e. The molecule has 0 amide bonds.